The molecule has 8 heteroatoms. The van der Waals surface area contributed by atoms with Crippen molar-refractivity contribution in [3.8, 4) is 11.4 Å². The zero-order valence-electron chi connectivity index (χ0n) is 18.1. The fraction of sp³-hybridized carbons (Fsp3) is 0.375. The summed E-state index contributed by atoms with van der Waals surface area (Å²) >= 11 is 0. The zero-order chi connectivity index (χ0) is 22.7. The molecule has 2 heterocycles. The van der Waals surface area contributed by atoms with E-state index in [0.717, 1.165) is 37.3 Å². The van der Waals surface area contributed by atoms with Gasteiger partial charge >= 0.3 is 6.09 Å². The van der Waals surface area contributed by atoms with Gasteiger partial charge in [-0.15, -0.1) is 0 Å². The number of fused-ring (bicyclic) bond motifs is 1. The summed E-state index contributed by atoms with van der Waals surface area (Å²) < 4.78 is 19.1. The van der Waals surface area contributed by atoms with Crippen molar-refractivity contribution < 1.29 is 18.7 Å². The van der Waals surface area contributed by atoms with Crippen molar-refractivity contribution in [2.45, 2.75) is 38.5 Å². The zero-order valence-corrected chi connectivity index (χ0v) is 18.1. The van der Waals surface area contributed by atoms with E-state index in [0.29, 0.717) is 42.5 Å². The molecule has 0 unspecified atom stereocenters. The summed E-state index contributed by atoms with van der Waals surface area (Å²) in [7, 11) is 0. The normalized spacial score (nSPS) is 14.6. The number of primary amides is 1. The van der Waals surface area contributed by atoms with Crippen LogP contribution in [0, 0.1) is 5.82 Å². The second kappa shape index (κ2) is 9.38. The van der Waals surface area contributed by atoms with Crippen LogP contribution in [-0.4, -0.2) is 46.6 Å². The molecule has 3 N–H and O–H groups in total. The van der Waals surface area contributed by atoms with Gasteiger partial charge in [0.1, 0.15) is 17.2 Å². The third kappa shape index (κ3) is 4.59. The number of amides is 2. The first-order valence-corrected chi connectivity index (χ1v) is 11.0. The van der Waals surface area contributed by atoms with E-state index in [1.54, 1.807) is 4.90 Å². The molecule has 0 saturated carbocycles. The number of aromatic amines is 1. The SMILES string of the molecule is CCCCOC(=O)N1CCC(c2ccc(-c3nc4c(C(N)=O)cc(F)cc4[nH]3)cc2)CC1. The standard InChI is InChI=1S/C24H27FN4O3/c1-2-3-12-32-24(31)29-10-8-16(9-11-29)15-4-6-17(7-5-15)23-27-20-14-18(25)13-19(22(26)30)21(20)28-23/h4-7,13-14,16H,2-3,8-12H2,1H3,(H2,26,30)(H,27,28). The molecule has 168 valence electrons. The fourth-order valence-electron chi connectivity index (χ4n) is 4.11. The van der Waals surface area contributed by atoms with Gasteiger partial charge in [0.15, 0.2) is 0 Å². The van der Waals surface area contributed by atoms with Crippen molar-refractivity contribution in [3.63, 3.8) is 0 Å². The molecule has 0 radical (unpaired) electrons. The molecule has 32 heavy (non-hydrogen) atoms. The number of hydrogen-bond donors (Lipinski definition) is 2. The van der Waals surface area contributed by atoms with Crippen LogP contribution in [0.25, 0.3) is 22.4 Å². The second-order valence-corrected chi connectivity index (χ2v) is 8.15. The molecule has 1 aromatic heterocycles. The Morgan fingerprint density at radius 3 is 2.59 bits per heavy atom. The molecule has 2 aromatic carbocycles. The minimum atomic E-state index is -0.719. The highest BCUT2D eigenvalue weighted by Crippen LogP contribution is 2.30. The maximum atomic E-state index is 13.8. The molecule has 0 spiro atoms. The summed E-state index contributed by atoms with van der Waals surface area (Å²) in [6.07, 6.45) is 3.44. The van der Waals surface area contributed by atoms with Gasteiger partial charge in [-0.3, -0.25) is 4.79 Å². The molecule has 0 atom stereocenters. The molecule has 0 aliphatic carbocycles. The number of carbonyl (C=O) groups is 2. The number of halogens is 1. The predicted octanol–water partition coefficient (Wildman–Crippen LogP) is 4.58. The van der Waals surface area contributed by atoms with E-state index in [2.05, 4.69) is 29.0 Å². The topological polar surface area (TPSA) is 101 Å². The van der Waals surface area contributed by atoms with Gasteiger partial charge in [0.2, 0.25) is 0 Å². The number of rotatable bonds is 6. The number of nitrogens with zero attached hydrogens (tertiary/aromatic N) is 2. The molecule has 0 bridgehead atoms. The molecular weight excluding hydrogens is 411 g/mol. The maximum absolute atomic E-state index is 13.8. The summed E-state index contributed by atoms with van der Waals surface area (Å²) in [5.74, 6) is -0.347. The first kappa shape index (κ1) is 21.8. The van der Waals surface area contributed by atoms with Gasteiger partial charge < -0.3 is 20.4 Å². The van der Waals surface area contributed by atoms with Crippen molar-refractivity contribution >= 4 is 23.0 Å². The average Bonchev–Trinajstić information content (AvgIpc) is 3.22. The highest BCUT2D eigenvalue weighted by molar-refractivity contribution is 6.04. The third-order valence-corrected chi connectivity index (χ3v) is 5.95. The lowest BCUT2D eigenvalue weighted by atomic mass is 9.89. The van der Waals surface area contributed by atoms with E-state index < -0.39 is 11.7 Å². The Balaban J connectivity index is 1.44. The maximum Gasteiger partial charge on any atom is 0.409 e. The first-order chi connectivity index (χ1) is 15.5. The number of piperidine rings is 1. The van der Waals surface area contributed by atoms with Gasteiger partial charge in [0.25, 0.3) is 5.91 Å². The Morgan fingerprint density at radius 1 is 1.22 bits per heavy atom. The number of nitrogens with one attached hydrogen (secondary N) is 1. The largest absolute Gasteiger partial charge is 0.449 e. The van der Waals surface area contributed by atoms with E-state index in [1.807, 2.05) is 12.1 Å². The molecule has 7 nitrogen and oxygen atoms in total. The van der Waals surface area contributed by atoms with Crippen LogP contribution in [0.5, 0.6) is 0 Å². The molecular formula is C24H27FN4O3. The van der Waals surface area contributed by atoms with Gasteiger partial charge in [-0.1, -0.05) is 37.6 Å². The Bertz CT molecular complexity index is 1120. The number of hydrogen-bond acceptors (Lipinski definition) is 4. The monoisotopic (exact) mass is 438 g/mol. The third-order valence-electron chi connectivity index (χ3n) is 5.95. The van der Waals surface area contributed by atoms with E-state index in [1.165, 1.54) is 11.6 Å². The number of carbonyl (C=O) groups excluding carboxylic acids is 2. The Hall–Kier alpha value is -3.42. The Morgan fingerprint density at radius 2 is 1.94 bits per heavy atom. The van der Waals surface area contributed by atoms with Crippen molar-refractivity contribution in [1.82, 2.24) is 14.9 Å². The van der Waals surface area contributed by atoms with Crippen LogP contribution < -0.4 is 5.73 Å². The summed E-state index contributed by atoms with van der Waals surface area (Å²) in [6, 6.07) is 10.4. The van der Waals surface area contributed by atoms with Crippen molar-refractivity contribution in [3.05, 3.63) is 53.3 Å². The van der Waals surface area contributed by atoms with E-state index in [9.17, 15) is 14.0 Å². The van der Waals surface area contributed by atoms with Crippen LogP contribution in [0.4, 0.5) is 9.18 Å². The van der Waals surface area contributed by atoms with E-state index in [4.69, 9.17) is 10.5 Å². The van der Waals surface area contributed by atoms with Crippen molar-refractivity contribution in [1.29, 1.82) is 0 Å². The molecule has 1 fully saturated rings. The summed E-state index contributed by atoms with van der Waals surface area (Å²) in [4.78, 5) is 33.1. The fourth-order valence-corrected chi connectivity index (χ4v) is 4.11. The Kier molecular flexibility index (Phi) is 6.39. The van der Waals surface area contributed by atoms with Gasteiger partial charge in [-0.25, -0.2) is 14.2 Å². The summed E-state index contributed by atoms with van der Waals surface area (Å²) in [5, 5.41) is 0. The predicted molar refractivity (Wildman–Crippen MR) is 120 cm³/mol. The molecule has 1 aliphatic heterocycles. The van der Waals surface area contributed by atoms with Crippen molar-refractivity contribution in [2.24, 2.45) is 5.73 Å². The second-order valence-electron chi connectivity index (χ2n) is 8.15. The number of H-pyrrole nitrogens is 1. The molecule has 4 rings (SSSR count). The number of likely N-dealkylation sites (tertiary alicyclic amines) is 1. The molecule has 1 aliphatic rings. The number of aromatic nitrogens is 2. The van der Waals surface area contributed by atoms with Crippen LogP contribution >= 0.6 is 0 Å². The van der Waals surface area contributed by atoms with Crippen LogP contribution in [0.3, 0.4) is 0 Å². The minimum Gasteiger partial charge on any atom is -0.449 e. The van der Waals surface area contributed by atoms with Gasteiger partial charge in [0.05, 0.1) is 17.7 Å². The van der Waals surface area contributed by atoms with Crippen LogP contribution in [-0.2, 0) is 4.74 Å². The van der Waals surface area contributed by atoms with Crippen molar-refractivity contribution in [2.75, 3.05) is 19.7 Å². The minimum absolute atomic E-state index is 0.0547. The van der Waals surface area contributed by atoms with E-state index in [-0.39, 0.29) is 11.7 Å². The van der Waals surface area contributed by atoms with Gasteiger partial charge in [0, 0.05) is 18.7 Å². The lowest BCUT2D eigenvalue weighted by Gasteiger charge is -2.31. The van der Waals surface area contributed by atoms with E-state index >= 15 is 0 Å². The number of unbranched alkanes of at least 4 members (excludes halogenated alkanes) is 1. The lowest BCUT2D eigenvalue weighted by molar-refractivity contribution is 0.0915. The van der Waals surface area contributed by atoms with Gasteiger partial charge in [-0.05, 0) is 42.9 Å². The lowest BCUT2D eigenvalue weighted by Crippen LogP contribution is -2.38. The number of imidazole rings is 1. The molecule has 1 saturated heterocycles. The number of nitrogens with two attached hydrogens (primary N) is 1. The van der Waals surface area contributed by atoms with Crippen LogP contribution in [0.1, 0.15) is 54.4 Å². The van der Waals surface area contributed by atoms with Crippen LogP contribution in [0.2, 0.25) is 0 Å². The van der Waals surface area contributed by atoms with Gasteiger partial charge in [-0.2, -0.15) is 0 Å². The number of benzene rings is 2. The smallest absolute Gasteiger partial charge is 0.409 e. The Labute approximate surface area is 185 Å². The summed E-state index contributed by atoms with van der Waals surface area (Å²) in [5.41, 5.74) is 8.24. The molecule has 2 amide bonds. The summed E-state index contributed by atoms with van der Waals surface area (Å²) in [6.45, 7) is 3.91. The molecule has 3 aromatic rings. The number of ether oxygens (including phenoxy) is 1. The highest BCUT2D eigenvalue weighted by atomic mass is 19.1. The quantitative estimate of drug-likeness (QED) is 0.550. The first-order valence-electron chi connectivity index (χ1n) is 11.0. The highest BCUT2D eigenvalue weighted by Gasteiger charge is 2.24. The van der Waals surface area contributed by atoms with Crippen LogP contribution in [0.15, 0.2) is 36.4 Å². The average molecular weight is 439 g/mol.